The second-order valence-electron chi connectivity index (χ2n) is 3.39. The predicted octanol–water partition coefficient (Wildman–Crippen LogP) is -2.52. The molecule has 9 heteroatoms. The third-order valence-electron chi connectivity index (χ3n) is 2.11. The van der Waals surface area contributed by atoms with Crippen LogP contribution in [0.3, 0.4) is 0 Å². The van der Waals surface area contributed by atoms with E-state index in [2.05, 4.69) is 0 Å². The molecule has 4 atom stereocenters. The van der Waals surface area contributed by atoms with Crippen molar-refractivity contribution in [3.63, 3.8) is 0 Å². The maximum atomic E-state index is 10.6. The molecule has 1 fully saturated rings. The van der Waals surface area contributed by atoms with Crippen LogP contribution in [-0.2, 0) is 9.30 Å². The molecular formula is C7H13O8P. The first-order valence-corrected chi connectivity index (χ1v) is 6.04. The standard InChI is InChI=1S/C7H13O8P/c8-1-3-5(9)7(11)6(10)4(15-3)2-16(12,13)14/h2-3,5-11H,1H2,(H2,12,13,14)/b4-2-/t3-,5+,6+,7+/m1/s1. The molecular weight excluding hydrogens is 243 g/mol. The van der Waals surface area contributed by atoms with Gasteiger partial charge in [0, 0.05) is 0 Å². The quantitative estimate of drug-likeness (QED) is 0.296. The first kappa shape index (κ1) is 13.6. The van der Waals surface area contributed by atoms with Crippen molar-refractivity contribution >= 4 is 7.60 Å². The second kappa shape index (κ2) is 4.80. The predicted molar refractivity (Wildman–Crippen MR) is 50.1 cm³/mol. The Kier molecular flexibility index (Phi) is 4.08. The molecule has 0 aliphatic carbocycles. The number of aliphatic hydroxyl groups excluding tert-OH is 4. The molecule has 1 heterocycles. The van der Waals surface area contributed by atoms with Crippen LogP contribution < -0.4 is 0 Å². The summed E-state index contributed by atoms with van der Waals surface area (Å²) in [7, 11) is -4.58. The van der Waals surface area contributed by atoms with E-state index in [1.807, 2.05) is 0 Å². The van der Waals surface area contributed by atoms with E-state index in [4.69, 9.17) is 19.6 Å². The molecule has 8 nitrogen and oxygen atoms in total. The molecule has 0 aromatic carbocycles. The van der Waals surface area contributed by atoms with Gasteiger partial charge in [0.15, 0.2) is 0 Å². The fraction of sp³-hybridized carbons (Fsp3) is 0.714. The lowest BCUT2D eigenvalue weighted by atomic mass is 9.99. The monoisotopic (exact) mass is 256 g/mol. The zero-order chi connectivity index (χ0) is 12.5. The Morgan fingerprint density at radius 3 is 2.25 bits per heavy atom. The van der Waals surface area contributed by atoms with Gasteiger partial charge in [0.05, 0.1) is 12.4 Å². The molecule has 0 bridgehead atoms. The average molecular weight is 256 g/mol. The van der Waals surface area contributed by atoms with Crippen LogP contribution in [0.5, 0.6) is 0 Å². The number of rotatable bonds is 2. The van der Waals surface area contributed by atoms with E-state index >= 15 is 0 Å². The van der Waals surface area contributed by atoms with E-state index in [0.29, 0.717) is 5.82 Å². The van der Waals surface area contributed by atoms with Crippen molar-refractivity contribution in [2.75, 3.05) is 6.61 Å². The lowest BCUT2D eigenvalue weighted by Gasteiger charge is -2.36. The van der Waals surface area contributed by atoms with E-state index in [9.17, 15) is 19.9 Å². The highest BCUT2D eigenvalue weighted by molar-refractivity contribution is 7.55. The van der Waals surface area contributed by atoms with Gasteiger partial charge in [0.2, 0.25) is 0 Å². The Hall–Kier alpha value is -0.470. The van der Waals surface area contributed by atoms with Crippen molar-refractivity contribution in [3.05, 3.63) is 11.6 Å². The maximum Gasteiger partial charge on any atom is 0.352 e. The summed E-state index contributed by atoms with van der Waals surface area (Å²) in [6, 6.07) is 0. The molecule has 1 aliphatic rings. The van der Waals surface area contributed by atoms with Crippen molar-refractivity contribution in [2.24, 2.45) is 0 Å². The summed E-state index contributed by atoms with van der Waals surface area (Å²) >= 11 is 0. The summed E-state index contributed by atoms with van der Waals surface area (Å²) in [6.07, 6.45) is -6.20. The summed E-state index contributed by atoms with van der Waals surface area (Å²) < 4.78 is 15.4. The zero-order valence-corrected chi connectivity index (χ0v) is 8.94. The summed E-state index contributed by atoms with van der Waals surface area (Å²) in [5, 5.41) is 36.8. The smallest absolute Gasteiger partial charge is 0.352 e. The molecule has 0 unspecified atom stereocenters. The first-order chi connectivity index (χ1) is 7.26. The number of aliphatic hydroxyl groups is 4. The highest BCUT2D eigenvalue weighted by Gasteiger charge is 2.41. The van der Waals surface area contributed by atoms with Gasteiger partial charge >= 0.3 is 7.60 Å². The van der Waals surface area contributed by atoms with Gasteiger partial charge in [-0.05, 0) is 0 Å². The minimum absolute atomic E-state index is 0.343. The molecule has 0 amide bonds. The Morgan fingerprint density at radius 1 is 1.25 bits per heavy atom. The average Bonchev–Trinajstić information content (AvgIpc) is 2.17. The fourth-order valence-corrected chi connectivity index (χ4v) is 1.85. The topological polar surface area (TPSA) is 148 Å². The Balaban J connectivity index is 2.96. The highest BCUT2D eigenvalue weighted by Crippen LogP contribution is 2.40. The zero-order valence-electron chi connectivity index (χ0n) is 8.04. The molecule has 94 valence electrons. The second-order valence-corrected chi connectivity index (χ2v) is 4.82. The van der Waals surface area contributed by atoms with Crippen LogP contribution >= 0.6 is 7.60 Å². The molecule has 1 rings (SSSR count). The summed E-state index contributed by atoms with van der Waals surface area (Å²) in [5.74, 6) is -0.222. The van der Waals surface area contributed by atoms with Crippen molar-refractivity contribution < 1.29 is 39.5 Å². The van der Waals surface area contributed by atoms with Crippen LogP contribution in [0.25, 0.3) is 0 Å². The summed E-state index contributed by atoms with van der Waals surface area (Å²) in [6.45, 7) is -0.663. The fourth-order valence-electron chi connectivity index (χ4n) is 1.31. The molecule has 6 N–H and O–H groups in total. The van der Waals surface area contributed by atoms with Gasteiger partial charge in [-0.25, -0.2) is 0 Å². The normalized spacial score (nSPS) is 38.5. The number of hydrogen-bond donors (Lipinski definition) is 6. The van der Waals surface area contributed by atoms with Gasteiger partial charge in [-0.1, -0.05) is 0 Å². The van der Waals surface area contributed by atoms with Crippen LogP contribution in [0.4, 0.5) is 0 Å². The van der Waals surface area contributed by atoms with Crippen molar-refractivity contribution in [1.29, 1.82) is 0 Å². The molecule has 16 heavy (non-hydrogen) atoms. The molecule has 0 aromatic rings. The van der Waals surface area contributed by atoms with Crippen LogP contribution in [-0.4, -0.2) is 61.2 Å². The van der Waals surface area contributed by atoms with Crippen LogP contribution in [0.1, 0.15) is 0 Å². The number of hydrogen-bond acceptors (Lipinski definition) is 6. The van der Waals surface area contributed by atoms with E-state index in [1.54, 1.807) is 0 Å². The Morgan fingerprint density at radius 2 is 1.81 bits per heavy atom. The van der Waals surface area contributed by atoms with E-state index in [-0.39, 0.29) is 0 Å². The highest BCUT2D eigenvalue weighted by atomic mass is 31.2. The summed E-state index contributed by atoms with van der Waals surface area (Å²) in [5.41, 5.74) is 0. The van der Waals surface area contributed by atoms with Crippen LogP contribution in [0.2, 0.25) is 0 Å². The molecule has 1 aliphatic heterocycles. The van der Waals surface area contributed by atoms with Crippen molar-refractivity contribution in [1.82, 2.24) is 0 Å². The lowest BCUT2D eigenvalue weighted by molar-refractivity contribution is -0.164. The van der Waals surface area contributed by atoms with E-state index in [0.717, 1.165) is 0 Å². The van der Waals surface area contributed by atoms with Gasteiger partial charge in [-0.2, -0.15) is 0 Å². The molecule has 0 spiro atoms. The minimum Gasteiger partial charge on any atom is -0.486 e. The third kappa shape index (κ3) is 3.02. The molecule has 0 aromatic heterocycles. The third-order valence-corrected chi connectivity index (χ3v) is 2.70. The maximum absolute atomic E-state index is 10.6. The lowest BCUT2D eigenvalue weighted by Crippen LogP contribution is -2.52. The molecule has 1 saturated heterocycles. The van der Waals surface area contributed by atoms with E-state index < -0.39 is 44.4 Å². The van der Waals surface area contributed by atoms with Crippen molar-refractivity contribution in [3.8, 4) is 0 Å². The van der Waals surface area contributed by atoms with Gasteiger partial charge in [0.1, 0.15) is 30.2 Å². The Labute approximate surface area is 90.6 Å². The largest absolute Gasteiger partial charge is 0.486 e. The molecule has 0 saturated carbocycles. The van der Waals surface area contributed by atoms with Crippen LogP contribution in [0.15, 0.2) is 11.6 Å². The molecule has 0 radical (unpaired) electrons. The SMILES string of the molecule is O=P(O)(O)/C=C1\O[C@H](CO)[C@H](O)[C@H](O)[C@H]1O. The Bertz CT molecular complexity index is 320. The summed E-state index contributed by atoms with van der Waals surface area (Å²) in [4.78, 5) is 17.3. The van der Waals surface area contributed by atoms with Gasteiger partial charge in [-0.3, -0.25) is 4.57 Å². The number of ether oxygens (including phenoxy) is 1. The van der Waals surface area contributed by atoms with Crippen molar-refractivity contribution in [2.45, 2.75) is 24.4 Å². The van der Waals surface area contributed by atoms with E-state index in [1.165, 1.54) is 0 Å². The van der Waals surface area contributed by atoms with Gasteiger partial charge < -0.3 is 34.9 Å². The van der Waals surface area contributed by atoms with Gasteiger partial charge in [-0.15, -0.1) is 0 Å². The first-order valence-electron chi connectivity index (χ1n) is 4.36. The van der Waals surface area contributed by atoms with Crippen LogP contribution in [0, 0.1) is 0 Å². The van der Waals surface area contributed by atoms with Gasteiger partial charge in [0.25, 0.3) is 0 Å². The minimum atomic E-state index is -4.58.